The van der Waals surface area contributed by atoms with Gasteiger partial charge in [0.05, 0.1) is 22.7 Å². The monoisotopic (exact) mass is 601 g/mol. The van der Waals surface area contributed by atoms with Crippen molar-refractivity contribution in [1.82, 2.24) is 9.55 Å². The van der Waals surface area contributed by atoms with Crippen LogP contribution >= 0.6 is 0 Å². The Morgan fingerprint density at radius 1 is 0.468 bits per heavy atom. The summed E-state index contributed by atoms with van der Waals surface area (Å²) in [5.74, 6) is 0. The van der Waals surface area contributed by atoms with Crippen molar-refractivity contribution < 1.29 is 8.83 Å². The second-order valence-electron chi connectivity index (χ2n) is 12.0. The minimum absolute atomic E-state index is 0.610. The van der Waals surface area contributed by atoms with Crippen LogP contribution in [0.2, 0.25) is 0 Å². The third kappa shape index (κ3) is 3.86. The molecule has 218 valence electrons. The number of rotatable bonds is 3. The lowest BCUT2D eigenvalue weighted by Gasteiger charge is -2.08. The first-order valence-corrected chi connectivity index (χ1v) is 15.5. The van der Waals surface area contributed by atoms with Crippen LogP contribution in [0.3, 0.4) is 0 Å². The summed E-state index contributed by atoms with van der Waals surface area (Å²) < 4.78 is 14.7. The quantitative estimate of drug-likeness (QED) is 0.202. The molecule has 0 saturated heterocycles. The molecule has 5 nitrogen and oxygen atoms in total. The molecule has 0 saturated carbocycles. The molecule has 0 spiro atoms. The van der Waals surface area contributed by atoms with E-state index in [1.165, 1.54) is 21.8 Å². The van der Waals surface area contributed by atoms with Crippen molar-refractivity contribution >= 4 is 65.7 Å². The first-order chi connectivity index (χ1) is 23.2. The van der Waals surface area contributed by atoms with Crippen LogP contribution in [0.4, 0.5) is 0 Å². The predicted molar refractivity (Wildman–Crippen MR) is 189 cm³/mol. The maximum Gasteiger partial charge on any atom is 0.135 e. The summed E-state index contributed by atoms with van der Waals surface area (Å²) in [6, 6.07) is 46.0. The molecule has 0 aliphatic rings. The summed E-state index contributed by atoms with van der Waals surface area (Å²) in [6.45, 7) is 0. The van der Waals surface area contributed by atoms with Crippen LogP contribution in [0.25, 0.3) is 93.6 Å². The number of benzene rings is 6. The normalized spacial score (nSPS) is 11.8. The number of hydrogen-bond acceptors (Lipinski definition) is 4. The highest BCUT2D eigenvalue weighted by atomic mass is 16.3. The first kappa shape index (κ1) is 25.7. The van der Waals surface area contributed by atoms with Crippen molar-refractivity contribution in [3.8, 4) is 34.0 Å². The van der Waals surface area contributed by atoms with E-state index < -0.39 is 0 Å². The van der Waals surface area contributed by atoms with Gasteiger partial charge in [-0.2, -0.15) is 5.26 Å². The number of furan rings is 2. The third-order valence-corrected chi connectivity index (χ3v) is 9.29. The predicted octanol–water partition coefficient (Wildman–Crippen LogP) is 11.2. The zero-order valence-electron chi connectivity index (χ0n) is 24.9. The number of pyridine rings is 1. The zero-order chi connectivity index (χ0) is 31.1. The number of para-hydroxylation sites is 2. The summed E-state index contributed by atoms with van der Waals surface area (Å²) in [5.41, 5.74) is 11.4. The molecule has 0 aliphatic carbocycles. The van der Waals surface area contributed by atoms with Gasteiger partial charge in [-0.25, -0.2) is 0 Å². The lowest BCUT2D eigenvalue weighted by atomic mass is 9.99. The first-order valence-electron chi connectivity index (χ1n) is 15.5. The highest BCUT2D eigenvalue weighted by molar-refractivity contribution is 6.11. The molecule has 0 fully saturated rings. The lowest BCUT2D eigenvalue weighted by molar-refractivity contribution is 0.668. The topological polar surface area (TPSA) is 67.9 Å². The Kier molecular flexibility index (Phi) is 5.28. The summed E-state index contributed by atoms with van der Waals surface area (Å²) >= 11 is 0. The number of nitriles is 1. The SMILES string of the molecule is N#Cc1ccc2oc3ccc(-c4cncc(-c5ccc6oc7ccc(-n8c9ccccc9c9ccccc98)cc7c6c5)c4)cc3c2c1. The van der Waals surface area contributed by atoms with Crippen LogP contribution in [-0.2, 0) is 0 Å². The molecule has 5 heteroatoms. The number of hydrogen-bond donors (Lipinski definition) is 0. The molecule has 6 aromatic carbocycles. The Hall–Kier alpha value is -6.64. The van der Waals surface area contributed by atoms with Crippen molar-refractivity contribution in [2.24, 2.45) is 0 Å². The maximum absolute atomic E-state index is 9.43. The van der Waals surface area contributed by atoms with Gasteiger partial charge in [-0.1, -0.05) is 48.5 Å². The zero-order valence-corrected chi connectivity index (χ0v) is 24.9. The standard InChI is InChI=1S/C42H23N3O2/c43-22-25-9-13-39-33(17-25)34-19-26(10-14-40(34)46-39)28-18-29(24-44-23-28)27-11-15-41-35(20-27)36-21-30(12-16-42(36)47-41)45-37-7-3-1-5-31(37)32-6-2-4-8-38(32)45/h1-21,23-24H. The largest absolute Gasteiger partial charge is 0.456 e. The van der Waals surface area contributed by atoms with Gasteiger partial charge in [0.15, 0.2) is 0 Å². The lowest BCUT2D eigenvalue weighted by Crippen LogP contribution is -1.93. The van der Waals surface area contributed by atoms with Gasteiger partial charge >= 0.3 is 0 Å². The van der Waals surface area contributed by atoms with Gasteiger partial charge in [0.1, 0.15) is 22.3 Å². The number of aromatic nitrogens is 2. The summed E-state index contributed by atoms with van der Waals surface area (Å²) in [5, 5.41) is 15.9. The number of nitrogens with zero attached hydrogens (tertiary/aromatic N) is 3. The van der Waals surface area contributed by atoms with Crippen molar-refractivity contribution in [2.75, 3.05) is 0 Å². The molecule has 0 aliphatic heterocycles. The average molecular weight is 602 g/mol. The van der Waals surface area contributed by atoms with Gasteiger partial charge in [-0.15, -0.1) is 0 Å². The minimum Gasteiger partial charge on any atom is -0.456 e. The molecular formula is C42H23N3O2. The van der Waals surface area contributed by atoms with Crippen LogP contribution in [0.1, 0.15) is 5.56 Å². The maximum atomic E-state index is 9.43. The fraction of sp³-hybridized carbons (Fsp3) is 0. The van der Waals surface area contributed by atoms with E-state index in [1.807, 2.05) is 36.7 Å². The molecule has 0 N–H and O–H groups in total. The Bertz CT molecular complexity index is 2880. The Labute approximate surface area is 268 Å². The van der Waals surface area contributed by atoms with E-state index in [-0.39, 0.29) is 0 Å². The molecule has 4 heterocycles. The molecule has 0 atom stereocenters. The van der Waals surface area contributed by atoms with E-state index in [2.05, 4.69) is 113 Å². The highest BCUT2D eigenvalue weighted by Crippen LogP contribution is 2.38. The van der Waals surface area contributed by atoms with E-state index >= 15 is 0 Å². The molecule has 10 rings (SSSR count). The van der Waals surface area contributed by atoms with Gasteiger partial charge < -0.3 is 13.4 Å². The minimum atomic E-state index is 0.610. The Morgan fingerprint density at radius 3 is 1.57 bits per heavy atom. The van der Waals surface area contributed by atoms with Crippen molar-refractivity contribution in [3.63, 3.8) is 0 Å². The molecular weight excluding hydrogens is 578 g/mol. The molecule has 10 aromatic rings. The van der Waals surface area contributed by atoms with Gasteiger partial charge in [-0.05, 0) is 90.0 Å². The van der Waals surface area contributed by atoms with Gasteiger partial charge in [0.2, 0.25) is 0 Å². The van der Waals surface area contributed by atoms with E-state index in [1.54, 1.807) is 6.07 Å². The Morgan fingerprint density at radius 2 is 0.979 bits per heavy atom. The van der Waals surface area contributed by atoms with Crippen LogP contribution in [-0.4, -0.2) is 9.55 Å². The fourth-order valence-corrected chi connectivity index (χ4v) is 7.07. The summed E-state index contributed by atoms with van der Waals surface area (Å²) in [4.78, 5) is 4.64. The molecule has 47 heavy (non-hydrogen) atoms. The van der Waals surface area contributed by atoms with E-state index in [9.17, 15) is 5.26 Å². The highest BCUT2D eigenvalue weighted by Gasteiger charge is 2.15. The third-order valence-electron chi connectivity index (χ3n) is 9.29. The fourth-order valence-electron chi connectivity index (χ4n) is 7.07. The van der Waals surface area contributed by atoms with Gasteiger partial charge in [0, 0.05) is 61.5 Å². The molecule has 4 aromatic heterocycles. The van der Waals surface area contributed by atoms with Crippen molar-refractivity contribution in [1.29, 1.82) is 5.26 Å². The molecule has 0 radical (unpaired) electrons. The summed E-state index contributed by atoms with van der Waals surface area (Å²) in [6.07, 6.45) is 3.79. The second-order valence-corrected chi connectivity index (χ2v) is 12.0. The van der Waals surface area contributed by atoms with E-state index in [0.29, 0.717) is 5.56 Å². The Balaban J connectivity index is 1.10. The van der Waals surface area contributed by atoms with E-state index in [4.69, 9.17) is 8.83 Å². The van der Waals surface area contributed by atoms with Gasteiger partial charge in [0.25, 0.3) is 0 Å². The molecule has 0 unspecified atom stereocenters. The summed E-state index contributed by atoms with van der Waals surface area (Å²) in [7, 11) is 0. The van der Waals surface area contributed by atoms with Crippen molar-refractivity contribution in [2.45, 2.75) is 0 Å². The van der Waals surface area contributed by atoms with Crippen LogP contribution < -0.4 is 0 Å². The van der Waals surface area contributed by atoms with Crippen LogP contribution in [0, 0.1) is 11.3 Å². The second kappa shape index (κ2) is 9.68. The molecule has 0 amide bonds. The van der Waals surface area contributed by atoms with Crippen LogP contribution in [0.15, 0.2) is 149 Å². The van der Waals surface area contributed by atoms with Crippen molar-refractivity contribution in [3.05, 3.63) is 145 Å². The number of fused-ring (bicyclic) bond motifs is 9. The van der Waals surface area contributed by atoms with Gasteiger partial charge in [-0.3, -0.25) is 4.98 Å². The average Bonchev–Trinajstić information content (AvgIpc) is 3.80. The van der Waals surface area contributed by atoms with Crippen LogP contribution in [0.5, 0.6) is 0 Å². The van der Waals surface area contributed by atoms with E-state index in [0.717, 1.165) is 71.8 Å². The smallest absolute Gasteiger partial charge is 0.135 e. The molecule has 0 bridgehead atoms.